The third-order valence-corrected chi connectivity index (χ3v) is 3.11. The number of nitrogens with zero attached hydrogens (tertiary/aromatic N) is 1. The van der Waals surface area contributed by atoms with Crippen LogP contribution in [0.5, 0.6) is 0 Å². The molecule has 0 aliphatic carbocycles. The van der Waals surface area contributed by atoms with E-state index in [-0.39, 0.29) is 17.0 Å². The van der Waals surface area contributed by atoms with Crippen molar-refractivity contribution in [1.29, 1.82) is 0 Å². The molecule has 2 heterocycles. The quantitative estimate of drug-likeness (QED) is 0.536. The van der Waals surface area contributed by atoms with Gasteiger partial charge in [0.1, 0.15) is 11.2 Å². The molecule has 2 aromatic carbocycles. The molecule has 2 N–H and O–H groups in total. The van der Waals surface area contributed by atoms with Crippen molar-refractivity contribution < 1.29 is 8.83 Å². The van der Waals surface area contributed by atoms with Crippen molar-refractivity contribution >= 4 is 28.0 Å². The van der Waals surface area contributed by atoms with Gasteiger partial charge < -0.3 is 14.6 Å². The number of fused-ring (bicyclic) bond motifs is 2. The van der Waals surface area contributed by atoms with Crippen LogP contribution < -0.4 is 16.7 Å². The standard InChI is InChI=1S/C9H6O2.C8H6N2O2/c10-8-5-6-11-9-4-2-1-3-7(8)9;9-8-10-7(11)5-3-1-2-4-6(5)12-8/h1-6H;1-4H,(H2,9,10,11). The monoisotopic (exact) mass is 308 g/mol. The second kappa shape index (κ2) is 6.15. The summed E-state index contributed by atoms with van der Waals surface area (Å²) < 4.78 is 10.1. The molecule has 114 valence electrons. The molecule has 6 heteroatoms. The van der Waals surface area contributed by atoms with Gasteiger partial charge >= 0.3 is 0 Å². The zero-order valence-electron chi connectivity index (χ0n) is 11.9. The Bertz CT molecular complexity index is 1080. The fraction of sp³-hybridized carbons (Fsp3) is 0. The summed E-state index contributed by atoms with van der Waals surface area (Å²) in [5.41, 5.74) is 6.01. The number of anilines is 1. The SMILES string of the molecule is Nc1nc(=O)c2ccccc2o1.O=c1ccoc2ccccc12. The van der Waals surface area contributed by atoms with Gasteiger partial charge in [-0.3, -0.25) is 9.59 Å². The molecule has 23 heavy (non-hydrogen) atoms. The van der Waals surface area contributed by atoms with E-state index in [1.54, 1.807) is 36.4 Å². The second-order valence-electron chi connectivity index (χ2n) is 4.63. The summed E-state index contributed by atoms with van der Waals surface area (Å²) >= 11 is 0. The van der Waals surface area contributed by atoms with E-state index in [0.29, 0.717) is 21.9 Å². The topological polar surface area (TPSA) is 99.3 Å². The van der Waals surface area contributed by atoms with E-state index >= 15 is 0 Å². The molecular weight excluding hydrogens is 296 g/mol. The molecule has 4 aromatic rings. The van der Waals surface area contributed by atoms with E-state index in [4.69, 9.17) is 14.6 Å². The molecule has 6 nitrogen and oxygen atoms in total. The fourth-order valence-electron chi connectivity index (χ4n) is 2.06. The van der Waals surface area contributed by atoms with Gasteiger partial charge in [0, 0.05) is 6.07 Å². The first-order valence-electron chi connectivity index (χ1n) is 6.77. The number of nitrogens with two attached hydrogens (primary N) is 1. The molecule has 0 aliphatic heterocycles. The number of nitrogen functional groups attached to an aromatic ring is 1. The van der Waals surface area contributed by atoms with Gasteiger partial charge in [0.05, 0.1) is 17.0 Å². The maximum absolute atomic E-state index is 11.1. The number of aromatic nitrogens is 1. The van der Waals surface area contributed by atoms with E-state index in [9.17, 15) is 9.59 Å². The van der Waals surface area contributed by atoms with E-state index in [1.807, 2.05) is 12.1 Å². The third kappa shape index (κ3) is 3.11. The van der Waals surface area contributed by atoms with Gasteiger partial charge in [-0.15, -0.1) is 0 Å². The van der Waals surface area contributed by atoms with Gasteiger partial charge in [-0.1, -0.05) is 24.3 Å². The van der Waals surface area contributed by atoms with Crippen LogP contribution in [0.25, 0.3) is 21.9 Å². The smallest absolute Gasteiger partial charge is 0.295 e. The van der Waals surface area contributed by atoms with Gasteiger partial charge in [-0.25, -0.2) is 0 Å². The fourth-order valence-corrected chi connectivity index (χ4v) is 2.06. The van der Waals surface area contributed by atoms with E-state index in [0.717, 1.165) is 0 Å². The van der Waals surface area contributed by atoms with Gasteiger partial charge in [0.25, 0.3) is 11.6 Å². The Morgan fingerprint density at radius 1 is 0.826 bits per heavy atom. The van der Waals surface area contributed by atoms with Crippen LogP contribution in [0.4, 0.5) is 6.01 Å². The number of hydrogen-bond acceptors (Lipinski definition) is 6. The largest absolute Gasteiger partial charge is 0.464 e. The zero-order valence-corrected chi connectivity index (χ0v) is 11.9. The molecule has 0 atom stereocenters. The van der Waals surface area contributed by atoms with Crippen LogP contribution in [-0.4, -0.2) is 4.98 Å². The summed E-state index contributed by atoms with van der Waals surface area (Å²) in [5, 5.41) is 1.08. The summed E-state index contributed by atoms with van der Waals surface area (Å²) in [7, 11) is 0. The summed E-state index contributed by atoms with van der Waals surface area (Å²) in [6.45, 7) is 0. The summed E-state index contributed by atoms with van der Waals surface area (Å²) in [6, 6.07) is 15.3. The number of rotatable bonds is 0. The van der Waals surface area contributed by atoms with Crippen molar-refractivity contribution in [2.45, 2.75) is 0 Å². The lowest BCUT2D eigenvalue weighted by Gasteiger charge is -1.94. The molecule has 0 saturated heterocycles. The molecule has 0 aliphatic rings. The van der Waals surface area contributed by atoms with Crippen molar-refractivity contribution in [3.8, 4) is 0 Å². The minimum Gasteiger partial charge on any atom is -0.464 e. The average molecular weight is 308 g/mol. The molecular formula is C17H12N2O4. The Hall–Kier alpha value is -3.41. The van der Waals surface area contributed by atoms with Gasteiger partial charge in [0.2, 0.25) is 0 Å². The van der Waals surface area contributed by atoms with E-state index in [1.165, 1.54) is 12.3 Å². The minimum absolute atomic E-state index is 0.00634. The van der Waals surface area contributed by atoms with Crippen molar-refractivity contribution in [2.75, 3.05) is 5.73 Å². The average Bonchev–Trinajstić information content (AvgIpc) is 2.56. The highest BCUT2D eigenvalue weighted by molar-refractivity contribution is 5.76. The van der Waals surface area contributed by atoms with Crippen LogP contribution in [0.1, 0.15) is 0 Å². The highest BCUT2D eigenvalue weighted by atomic mass is 16.4. The Morgan fingerprint density at radius 2 is 1.48 bits per heavy atom. The second-order valence-corrected chi connectivity index (χ2v) is 4.63. The molecule has 0 fully saturated rings. The minimum atomic E-state index is -0.352. The normalized spacial score (nSPS) is 10.3. The maximum Gasteiger partial charge on any atom is 0.295 e. The van der Waals surface area contributed by atoms with Crippen molar-refractivity contribution in [2.24, 2.45) is 0 Å². The highest BCUT2D eigenvalue weighted by Gasteiger charge is 2.01. The third-order valence-electron chi connectivity index (χ3n) is 3.11. The number of para-hydroxylation sites is 2. The van der Waals surface area contributed by atoms with Crippen molar-refractivity contribution in [3.05, 3.63) is 81.4 Å². The first-order chi connectivity index (χ1) is 11.1. The van der Waals surface area contributed by atoms with E-state index in [2.05, 4.69) is 4.98 Å². The van der Waals surface area contributed by atoms with Crippen LogP contribution in [-0.2, 0) is 0 Å². The van der Waals surface area contributed by atoms with E-state index < -0.39 is 0 Å². The maximum atomic E-state index is 11.1. The molecule has 2 aromatic heterocycles. The molecule has 0 radical (unpaired) electrons. The Morgan fingerprint density at radius 3 is 2.22 bits per heavy atom. The number of benzene rings is 2. The van der Waals surface area contributed by atoms with Crippen LogP contribution in [0.2, 0.25) is 0 Å². The Balaban J connectivity index is 0.000000136. The van der Waals surface area contributed by atoms with Crippen molar-refractivity contribution in [3.63, 3.8) is 0 Å². The Kier molecular flexibility index (Phi) is 3.88. The Labute approximate surface area is 129 Å². The first kappa shape index (κ1) is 14.5. The number of hydrogen-bond donors (Lipinski definition) is 1. The van der Waals surface area contributed by atoms with Crippen LogP contribution >= 0.6 is 0 Å². The molecule has 0 bridgehead atoms. The van der Waals surface area contributed by atoms with Crippen LogP contribution in [0.15, 0.2) is 79.3 Å². The summed E-state index contributed by atoms with van der Waals surface area (Å²) in [4.78, 5) is 25.7. The molecule has 4 rings (SSSR count). The van der Waals surface area contributed by atoms with Gasteiger partial charge in [-0.05, 0) is 24.3 Å². The molecule has 0 amide bonds. The lowest BCUT2D eigenvalue weighted by Crippen LogP contribution is -2.08. The van der Waals surface area contributed by atoms with Crippen LogP contribution in [0, 0.1) is 0 Å². The summed E-state index contributed by atoms with van der Waals surface area (Å²) in [5.74, 6) is 0. The first-order valence-corrected chi connectivity index (χ1v) is 6.77. The predicted molar refractivity (Wildman–Crippen MR) is 87.2 cm³/mol. The van der Waals surface area contributed by atoms with Crippen molar-refractivity contribution in [1.82, 2.24) is 4.98 Å². The van der Waals surface area contributed by atoms with Crippen LogP contribution in [0.3, 0.4) is 0 Å². The lowest BCUT2D eigenvalue weighted by atomic mass is 10.2. The zero-order chi connectivity index (χ0) is 16.2. The highest BCUT2D eigenvalue weighted by Crippen LogP contribution is 2.09. The lowest BCUT2D eigenvalue weighted by molar-refractivity contribution is 0.602. The molecule has 0 unspecified atom stereocenters. The van der Waals surface area contributed by atoms with Gasteiger partial charge in [-0.2, -0.15) is 4.98 Å². The molecule has 0 spiro atoms. The summed E-state index contributed by atoms with van der Waals surface area (Å²) in [6.07, 6.45) is 1.41. The molecule has 0 saturated carbocycles. The van der Waals surface area contributed by atoms with Gasteiger partial charge in [0.15, 0.2) is 5.43 Å². The predicted octanol–water partition coefficient (Wildman–Crippen LogP) is 2.56.